The predicted octanol–water partition coefficient (Wildman–Crippen LogP) is 0.458. The summed E-state index contributed by atoms with van der Waals surface area (Å²) in [6, 6.07) is 4.42. The van der Waals surface area contributed by atoms with Crippen LogP contribution in [0, 0.1) is 12.3 Å². The van der Waals surface area contributed by atoms with Crippen LogP contribution in [0.4, 0.5) is 0 Å². The van der Waals surface area contributed by atoms with Crippen LogP contribution in [-0.2, 0) is 23.6 Å². The number of sulfonamides is 1. The van der Waals surface area contributed by atoms with Crippen LogP contribution in [0.3, 0.4) is 0 Å². The summed E-state index contributed by atoms with van der Waals surface area (Å²) in [6.45, 7) is 0.182. The molecule has 0 bridgehead atoms. The summed E-state index contributed by atoms with van der Waals surface area (Å²) < 4.78 is 26.9. The average molecular weight is 375 g/mol. The number of hydrogen-bond acceptors (Lipinski definition) is 5. The lowest BCUT2D eigenvalue weighted by atomic mass is 10.3. The van der Waals surface area contributed by atoms with Gasteiger partial charge in [-0.25, -0.2) is 18.5 Å². The fourth-order valence-electron chi connectivity index (χ4n) is 2.27. The van der Waals surface area contributed by atoms with E-state index in [0.717, 1.165) is 11.3 Å². The summed E-state index contributed by atoms with van der Waals surface area (Å²) in [6.07, 6.45) is 8.55. The third-order valence-corrected chi connectivity index (χ3v) is 5.39. The minimum absolute atomic E-state index is 0.0175. The van der Waals surface area contributed by atoms with Crippen LogP contribution in [0.15, 0.2) is 40.5 Å². The third-order valence-electron chi connectivity index (χ3n) is 3.44. The topological polar surface area (TPSA) is 112 Å². The van der Waals surface area contributed by atoms with E-state index in [-0.39, 0.29) is 17.3 Å². The number of thiazole rings is 1. The highest BCUT2D eigenvalue weighted by Gasteiger charge is 2.14. The maximum Gasteiger partial charge on any atom is 0.315 e. The number of hydrogen-bond donors (Lipinski definition) is 1. The van der Waals surface area contributed by atoms with Crippen molar-refractivity contribution in [1.82, 2.24) is 14.1 Å². The number of amides is 1. The van der Waals surface area contributed by atoms with Crippen LogP contribution >= 0.6 is 11.3 Å². The molecular weight excluding hydrogens is 362 g/mol. The zero-order chi connectivity index (χ0) is 18.2. The van der Waals surface area contributed by atoms with Crippen LogP contribution in [0.1, 0.15) is 10.6 Å². The van der Waals surface area contributed by atoms with Crippen LogP contribution in [-0.4, -0.2) is 28.4 Å². The minimum Gasteiger partial charge on any atom is -0.330 e. The normalized spacial score (nSPS) is 12.4. The molecule has 1 amide bonds. The van der Waals surface area contributed by atoms with Crippen molar-refractivity contribution in [3.63, 3.8) is 0 Å². The number of aryl methyl sites for hydroxylation is 1. The second kappa shape index (κ2) is 6.29. The largest absolute Gasteiger partial charge is 0.330 e. The second-order valence-electron chi connectivity index (χ2n) is 5.13. The molecule has 0 atom stereocenters. The molecule has 3 rings (SSSR count). The molecule has 0 aliphatic rings. The highest BCUT2D eigenvalue weighted by molar-refractivity contribution is 7.89. The van der Waals surface area contributed by atoms with Gasteiger partial charge in [-0.1, -0.05) is 17.3 Å². The van der Waals surface area contributed by atoms with E-state index < -0.39 is 15.9 Å². The number of nitrogens with zero attached hydrogens (tertiary/aromatic N) is 4. The number of nitrogens with two attached hydrogens (primary N) is 1. The first-order valence-corrected chi connectivity index (χ1v) is 9.33. The predicted molar refractivity (Wildman–Crippen MR) is 93.1 cm³/mol. The third kappa shape index (κ3) is 3.25. The van der Waals surface area contributed by atoms with E-state index >= 15 is 0 Å². The Hall–Kier alpha value is -2.74. The molecule has 2 N–H and O–H groups in total. The standard InChI is InChI=1S/C15H13N5O3S2/c1-3-7-20-11-5-4-10(25(16,22)23)9-12(11)24-15(20)18-14(21)13-17-6-8-19(13)2/h1,4-6,8-9H,7H2,2H3,(H2,16,22,23). The molecule has 2 heterocycles. The molecule has 2 aromatic heterocycles. The molecule has 0 radical (unpaired) electrons. The number of imidazole rings is 1. The van der Waals surface area contributed by atoms with Gasteiger partial charge >= 0.3 is 5.91 Å². The van der Waals surface area contributed by atoms with Crippen molar-refractivity contribution in [3.05, 3.63) is 41.2 Å². The molecule has 0 fully saturated rings. The van der Waals surface area contributed by atoms with Gasteiger partial charge < -0.3 is 9.13 Å². The van der Waals surface area contributed by atoms with Crippen molar-refractivity contribution in [2.45, 2.75) is 11.4 Å². The fraction of sp³-hybridized carbons (Fsp3) is 0.133. The molecule has 0 spiro atoms. The molecule has 10 heteroatoms. The van der Waals surface area contributed by atoms with Gasteiger partial charge in [-0.3, -0.25) is 4.79 Å². The summed E-state index contributed by atoms with van der Waals surface area (Å²) in [5.74, 6) is 2.17. The van der Waals surface area contributed by atoms with Gasteiger partial charge in [-0.2, -0.15) is 4.99 Å². The quantitative estimate of drug-likeness (QED) is 0.670. The molecule has 0 aliphatic carbocycles. The molecular formula is C15H13N5O3S2. The lowest BCUT2D eigenvalue weighted by Gasteiger charge is -2.01. The summed E-state index contributed by atoms with van der Waals surface area (Å²) in [5, 5.41) is 5.16. The van der Waals surface area contributed by atoms with Gasteiger partial charge in [0.1, 0.15) is 0 Å². The van der Waals surface area contributed by atoms with Gasteiger partial charge in [0.2, 0.25) is 15.8 Å². The zero-order valence-corrected chi connectivity index (χ0v) is 14.7. The number of terminal acetylenes is 1. The number of fused-ring (bicyclic) bond motifs is 1. The van der Waals surface area contributed by atoms with Gasteiger partial charge in [0.25, 0.3) is 0 Å². The number of primary sulfonamides is 1. The molecule has 25 heavy (non-hydrogen) atoms. The van der Waals surface area contributed by atoms with Crippen molar-refractivity contribution in [1.29, 1.82) is 0 Å². The average Bonchev–Trinajstić information content (AvgIpc) is 3.10. The van der Waals surface area contributed by atoms with E-state index in [1.807, 2.05) is 0 Å². The highest BCUT2D eigenvalue weighted by Crippen LogP contribution is 2.21. The molecule has 128 valence electrons. The van der Waals surface area contributed by atoms with Gasteiger partial charge in [0, 0.05) is 19.4 Å². The Labute approximate surface area is 147 Å². The number of aromatic nitrogens is 3. The summed E-state index contributed by atoms with van der Waals surface area (Å²) in [7, 11) is -2.14. The van der Waals surface area contributed by atoms with Gasteiger partial charge in [-0.15, -0.1) is 6.42 Å². The number of benzene rings is 1. The first-order chi connectivity index (χ1) is 11.8. The molecule has 0 saturated carbocycles. The molecule has 3 aromatic rings. The Morgan fingerprint density at radius 2 is 2.24 bits per heavy atom. The summed E-state index contributed by atoms with van der Waals surface area (Å²) in [4.78, 5) is 20.7. The van der Waals surface area contributed by atoms with E-state index in [1.165, 1.54) is 18.3 Å². The van der Waals surface area contributed by atoms with Gasteiger partial charge in [0.15, 0.2) is 4.80 Å². The van der Waals surface area contributed by atoms with Crippen molar-refractivity contribution < 1.29 is 13.2 Å². The van der Waals surface area contributed by atoms with Crippen molar-refractivity contribution in [3.8, 4) is 12.3 Å². The Balaban J connectivity index is 2.22. The lowest BCUT2D eigenvalue weighted by Crippen LogP contribution is -2.17. The molecule has 0 unspecified atom stereocenters. The van der Waals surface area contributed by atoms with Crippen LogP contribution in [0.25, 0.3) is 10.2 Å². The van der Waals surface area contributed by atoms with E-state index in [4.69, 9.17) is 11.6 Å². The van der Waals surface area contributed by atoms with Crippen molar-refractivity contribution >= 4 is 37.5 Å². The zero-order valence-electron chi connectivity index (χ0n) is 13.1. The molecule has 0 saturated heterocycles. The fourth-order valence-corrected chi connectivity index (χ4v) is 3.95. The Kier molecular flexibility index (Phi) is 4.30. The maximum atomic E-state index is 12.3. The Morgan fingerprint density at radius 3 is 2.84 bits per heavy atom. The Morgan fingerprint density at radius 1 is 1.48 bits per heavy atom. The first kappa shape index (κ1) is 17.1. The smallest absolute Gasteiger partial charge is 0.315 e. The van der Waals surface area contributed by atoms with Crippen LogP contribution in [0.2, 0.25) is 0 Å². The first-order valence-electron chi connectivity index (χ1n) is 6.97. The SMILES string of the molecule is C#CCn1c(=NC(=O)c2nccn2C)sc2cc(S(N)(=O)=O)ccc21. The maximum absolute atomic E-state index is 12.3. The van der Waals surface area contributed by atoms with E-state index in [0.29, 0.717) is 15.0 Å². The second-order valence-corrected chi connectivity index (χ2v) is 7.70. The highest BCUT2D eigenvalue weighted by atomic mass is 32.2. The molecule has 1 aromatic carbocycles. The molecule has 0 aliphatic heterocycles. The van der Waals surface area contributed by atoms with Crippen LogP contribution < -0.4 is 9.94 Å². The lowest BCUT2D eigenvalue weighted by molar-refractivity contribution is 0.0985. The van der Waals surface area contributed by atoms with E-state index in [9.17, 15) is 13.2 Å². The van der Waals surface area contributed by atoms with Crippen molar-refractivity contribution in [2.24, 2.45) is 17.2 Å². The molecule has 8 nitrogen and oxygen atoms in total. The number of rotatable bonds is 3. The summed E-state index contributed by atoms with van der Waals surface area (Å²) >= 11 is 1.15. The minimum atomic E-state index is -3.83. The van der Waals surface area contributed by atoms with Gasteiger partial charge in [-0.05, 0) is 18.2 Å². The van der Waals surface area contributed by atoms with Gasteiger partial charge in [0.05, 0.1) is 21.7 Å². The summed E-state index contributed by atoms with van der Waals surface area (Å²) in [5.41, 5.74) is 0.668. The Bertz CT molecular complexity index is 1190. The monoisotopic (exact) mass is 375 g/mol. The van der Waals surface area contributed by atoms with Crippen LogP contribution in [0.5, 0.6) is 0 Å². The number of carbonyl (C=O) groups is 1. The van der Waals surface area contributed by atoms with E-state index in [1.54, 1.807) is 28.4 Å². The van der Waals surface area contributed by atoms with Crippen molar-refractivity contribution in [2.75, 3.05) is 0 Å². The number of carbonyl (C=O) groups excluding carboxylic acids is 1. The van der Waals surface area contributed by atoms with E-state index in [2.05, 4.69) is 15.9 Å².